The van der Waals surface area contributed by atoms with Crippen LogP contribution in [-0.2, 0) is 21.2 Å². The second-order valence-electron chi connectivity index (χ2n) is 7.78. The first kappa shape index (κ1) is 22.1. The normalized spacial score (nSPS) is 11.6. The molecule has 170 valence electrons. The number of aliphatic carboxylic acids is 1. The Morgan fingerprint density at radius 2 is 1.74 bits per heavy atom. The Hall–Kier alpha value is -3.75. The van der Waals surface area contributed by atoms with Crippen LogP contribution < -0.4 is 0 Å². The van der Waals surface area contributed by atoms with Gasteiger partial charge in [-0.2, -0.15) is 8.42 Å². The summed E-state index contributed by atoms with van der Waals surface area (Å²) in [4.78, 5) is 16.3. The van der Waals surface area contributed by atoms with Crippen LogP contribution in [0, 0.1) is 0 Å². The molecule has 0 radical (unpaired) electrons. The van der Waals surface area contributed by atoms with E-state index in [0.29, 0.717) is 16.8 Å². The molecule has 8 heteroatoms. The Kier molecular flexibility index (Phi) is 5.77. The number of hydrogen-bond acceptors (Lipinski definition) is 5. The van der Waals surface area contributed by atoms with Gasteiger partial charge in [0.2, 0.25) is 0 Å². The summed E-state index contributed by atoms with van der Waals surface area (Å²) in [5, 5.41) is 9.94. The number of aryl methyl sites for hydroxylation is 1. The number of carboxylic acids is 1. The van der Waals surface area contributed by atoms with Crippen molar-refractivity contribution in [1.29, 1.82) is 0 Å². The van der Waals surface area contributed by atoms with Crippen LogP contribution in [0.3, 0.4) is 0 Å². The maximum atomic E-state index is 13.6. The van der Waals surface area contributed by atoms with Gasteiger partial charge < -0.3 is 5.11 Å². The lowest BCUT2D eigenvalue weighted by Gasteiger charge is -2.07. The molecule has 6 nitrogen and oxygen atoms in total. The second-order valence-corrected chi connectivity index (χ2v) is 10.9. The van der Waals surface area contributed by atoms with Crippen molar-refractivity contribution in [3.8, 4) is 21.7 Å². The van der Waals surface area contributed by atoms with Crippen LogP contribution in [0.1, 0.15) is 12.0 Å². The minimum absolute atomic E-state index is 0.0858. The van der Waals surface area contributed by atoms with Crippen molar-refractivity contribution in [2.75, 3.05) is 0 Å². The third kappa shape index (κ3) is 4.13. The average molecular weight is 489 g/mol. The smallest absolute Gasteiger partial charge is 0.303 e. The molecule has 0 bridgehead atoms. The van der Waals surface area contributed by atoms with Crippen molar-refractivity contribution >= 4 is 38.2 Å². The number of aromatic nitrogens is 2. The van der Waals surface area contributed by atoms with Gasteiger partial charge in [0, 0.05) is 24.2 Å². The first-order valence-corrected chi connectivity index (χ1v) is 12.9. The number of hydrogen-bond donors (Lipinski definition) is 1. The van der Waals surface area contributed by atoms with Gasteiger partial charge in [0.05, 0.1) is 16.1 Å². The largest absolute Gasteiger partial charge is 0.481 e. The van der Waals surface area contributed by atoms with Gasteiger partial charge >= 0.3 is 5.97 Å². The fourth-order valence-electron chi connectivity index (χ4n) is 3.92. The van der Waals surface area contributed by atoms with E-state index >= 15 is 0 Å². The highest BCUT2D eigenvalue weighted by atomic mass is 32.2. The standard InChI is InChI=1S/C26H20N2O4S2/c29-25(30)13-10-20-17-28(23-11-9-19(16-21(20)23)18-6-2-1-3-7-18)34(31,32)26-14-12-24(33-26)22-8-4-5-15-27-22/h1-9,11-12,14-17H,10,13H2,(H,29,30). The summed E-state index contributed by atoms with van der Waals surface area (Å²) in [5.41, 5.74) is 3.85. The van der Waals surface area contributed by atoms with Gasteiger partial charge in [-0.15, -0.1) is 11.3 Å². The Balaban J connectivity index is 1.62. The Labute approximate surface area is 200 Å². The van der Waals surface area contributed by atoms with Crippen LogP contribution in [0.5, 0.6) is 0 Å². The topological polar surface area (TPSA) is 89.3 Å². The molecule has 0 amide bonds. The molecule has 3 heterocycles. The van der Waals surface area contributed by atoms with Gasteiger partial charge in [-0.05, 0) is 59.5 Å². The highest BCUT2D eigenvalue weighted by Crippen LogP contribution is 2.35. The number of thiophene rings is 1. The van der Waals surface area contributed by atoms with Crippen molar-refractivity contribution in [3.05, 3.63) is 96.8 Å². The van der Waals surface area contributed by atoms with Gasteiger partial charge in [0.25, 0.3) is 10.0 Å². The molecular formula is C26H20N2O4S2. The lowest BCUT2D eigenvalue weighted by molar-refractivity contribution is -0.136. The van der Waals surface area contributed by atoms with Crippen molar-refractivity contribution in [2.24, 2.45) is 0 Å². The number of benzene rings is 2. The van der Waals surface area contributed by atoms with E-state index in [9.17, 15) is 18.3 Å². The number of carbonyl (C=O) groups is 1. The molecule has 0 spiro atoms. The minimum Gasteiger partial charge on any atom is -0.481 e. The summed E-state index contributed by atoms with van der Waals surface area (Å²) in [6.45, 7) is 0. The molecule has 5 aromatic rings. The average Bonchev–Trinajstić information content (AvgIpc) is 3.50. The van der Waals surface area contributed by atoms with Crippen LogP contribution in [0.25, 0.3) is 32.6 Å². The third-order valence-electron chi connectivity index (χ3n) is 5.58. The fraction of sp³-hybridized carbons (Fsp3) is 0.0769. The SMILES string of the molecule is O=C(O)CCc1cn(S(=O)(=O)c2ccc(-c3ccccn3)s2)c2ccc(-c3ccccc3)cc12. The zero-order valence-corrected chi connectivity index (χ0v) is 19.6. The van der Waals surface area contributed by atoms with Crippen LogP contribution in [-0.4, -0.2) is 28.5 Å². The van der Waals surface area contributed by atoms with E-state index in [0.717, 1.165) is 32.7 Å². The van der Waals surface area contributed by atoms with Crippen molar-refractivity contribution < 1.29 is 18.3 Å². The quantitative estimate of drug-likeness (QED) is 0.318. The lowest BCUT2D eigenvalue weighted by Crippen LogP contribution is -2.10. The highest BCUT2D eigenvalue weighted by molar-refractivity contribution is 7.92. The predicted molar refractivity (Wildman–Crippen MR) is 133 cm³/mol. The molecule has 2 aromatic carbocycles. The summed E-state index contributed by atoms with van der Waals surface area (Å²) >= 11 is 1.16. The summed E-state index contributed by atoms with van der Waals surface area (Å²) in [6, 6.07) is 24.2. The van der Waals surface area contributed by atoms with Crippen LogP contribution in [0.2, 0.25) is 0 Å². The Morgan fingerprint density at radius 1 is 0.941 bits per heavy atom. The summed E-state index contributed by atoms with van der Waals surface area (Å²) in [6.07, 6.45) is 3.37. The van der Waals surface area contributed by atoms with E-state index in [1.165, 1.54) is 3.97 Å². The van der Waals surface area contributed by atoms with Crippen LogP contribution in [0.15, 0.2) is 95.5 Å². The molecule has 0 aliphatic heterocycles. The van der Waals surface area contributed by atoms with Gasteiger partial charge in [-0.3, -0.25) is 9.78 Å². The van der Waals surface area contributed by atoms with Gasteiger partial charge in [0.15, 0.2) is 0 Å². The number of rotatable bonds is 7. The minimum atomic E-state index is -3.89. The second kappa shape index (κ2) is 8.89. The maximum absolute atomic E-state index is 13.6. The molecule has 0 aliphatic rings. The summed E-state index contributed by atoms with van der Waals surface area (Å²) in [7, 11) is -3.89. The maximum Gasteiger partial charge on any atom is 0.303 e. The van der Waals surface area contributed by atoms with Gasteiger partial charge in [0.1, 0.15) is 4.21 Å². The molecule has 0 unspecified atom stereocenters. The number of fused-ring (bicyclic) bond motifs is 1. The molecule has 0 fully saturated rings. The third-order valence-corrected chi connectivity index (χ3v) is 8.83. The van der Waals surface area contributed by atoms with Crippen LogP contribution in [0.4, 0.5) is 0 Å². The molecule has 0 saturated carbocycles. The molecule has 0 aliphatic carbocycles. The first-order valence-electron chi connectivity index (χ1n) is 10.6. The Bertz CT molecular complexity index is 1590. The van der Waals surface area contributed by atoms with Crippen molar-refractivity contribution in [3.63, 3.8) is 0 Å². The van der Waals surface area contributed by atoms with E-state index in [4.69, 9.17) is 0 Å². The molecule has 34 heavy (non-hydrogen) atoms. The van der Waals surface area contributed by atoms with E-state index in [2.05, 4.69) is 4.98 Å². The van der Waals surface area contributed by atoms with E-state index in [-0.39, 0.29) is 17.1 Å². The van der Waals surface area contributed by atoms with Crippen LogP contribution >= 0.6 is 11.3 Å². The molecule has 3 aromatic heterocycles. The van der Waals surface area contributed by atoms with Crippen molar-refractivity contribution in [1.82, 2.24) is 8.96 Å². The highest BCUT2D eigenvalue weighted by Gasteiger charge is 2.24. The Morgan fingerprint density at radius 3 is 2.47 bits per heavy atom. The van der Waals surface area contributed by atoms with E-state index in [1.54, 1.807) is 30.6 Å². The molecule has 0 atom stereocenters. The van der Waals surface area contributed by atoms with Gasteiger partial charge in [-0.1, -0.05) is 42.5 Å². The number of nitrogens with zero attached hydrogens (tertiary/aromatic N) is 2. The fourth-order valence-corrected chi connectivity index (χ4v) is 6.68. The molecular weight excluding hydrogens is 468 g/mol. The molecule has 5 rings (SSSR count). The predicted octanol–water partition coefficient (Wildman–Crippen LogP) is 5.69. The van der Waals surface area contributed by atoms with Crippen molar-refractivity contribution in [2.45, 2.75) is 17.1 Å². The first-order chi connectivity index (χ1) is 16.4. The van der Waals surface area contributed by atoms with E-state index in [1.807, 2.05) is 60.7 Å². The van der Waals surface area contributed by atoms with Gasteiger partial charge in [-0.25, -0.2) is 3.97 Å². The monoisotopic (exact) mass is 488 g/mol. The number of carboxylic acid groups (broad SMARTS) is 1. The summed E-state index contributed by atoms with van der Waals surface area (Å²) < 4.78 is 28.7. The lowest BCUT2D eigenvalue weighted by atomic mass is 10.0. The number of pyridine rings is 1. The summed E-state index contributed by atoms with van der Waals surface area (Å²) in [5.74, 6) is -0.929. The van der Waals surface area contributed by atoms with E-state index < -0.39 is 16.0 Å². The molecule has 1 N–H and O–H groups in total. The zero-order valence-electron chi connectivity index (χ0n) is 18.0. The zero-order chi connectivity index (χ0) is 23.7. The molecule has 0 saturated heterocycles.